The molecule has 0 aliphatic heterocycles. The van der Waals surface area contributed by atoms with Crippen molar-refractivity contribution in [1.29, 1.82) is 0 Å². The topological polar surface area (TPSA) is 113 Å². The van der Waals surface area contributed by atoms with Crippen molar-refractivity contribution in [3.05, 3.63) is 29.8 Å². The second-order valence-corrected chi connectivity index (χ2v) is 8.50. The maximum absolute atomic E-state index is 12.1. The molecule has 1 aliphatic carbocycles. The first kappa shape index (κ1) is 19.4. The molecule has 1 amide bonds. The van der Waals surface area contributed by atoms with Crippen LogP contribution in [0.3, 0.4) is 0 Å². The van der Waals surface area contributed by atoms with Gasteiger partial charge in [-0.25, -0.2) is 13.1 Å². The van der Waals surface area contributed by atoms with Crippen LogP contribution < -0.4 is 10.0 Å². The third-order valence-electron chi connectivity index (χ3n) is 4.31. The number of carboxylic acids is 1. The monoisotopic (exact) mass is 368 g/mol. The molecule has 3 N–H and O–H groups in total. The van der Waals surface area contributed by atoms with Crippen LogP contribution in [0.15, 0.2) is 29.2 Å². The van der Waals surface area contributed by atoms with E-state index in [-0.39, 0.29) is 23.3 Å². The summed E-state index contributed by atoms with van der Waals surface area (Å²) in [5.74, 6) is -2.06. The summed E-state index contributed by atoms with van der Waals surface area (Å²) in [6, 6.07) is 6.26. The number of hydrogen-bond acceptors (Lipinski definition) is 4. The van der Waals surface area contributed by atoms with Crippen molar-refractivity contribution in [2.75, 3.05) is 6.54 Å². The van der Waals surface area contributed by atoms with E-state index >= 15 is 0 Å². The molecule has 1 saturated carbocycles. The fraction of sp³-hybridized carbons (Fsp3) is 0.529. The zero-order valence-electron chi connectivity index (χ0n) is 14.4. The second kappa shape index (κ2) is 7.97. The minimum Gasteiger partial charge on any atom is -0.481 e. The predicted octanol–water partition coefficient (Wildman–Crippen LogP) is 1.35. The number of benzene rings is 1. The first-order valence-electron chi connectivity index (χ1n) is 8.30. The number of aliphatic carboxylic acids is 1. The van der Waals surface area contributed by atoms with Crippen LogP contribution in [0.5, 0.6) is 0 Å². The van der Waals surface area contributed by atoms with Gasteiger partial charge >= 0.3 is 5.97 Å². The summed E-state index contributed by atoms with van der Waals surface area (Å²) in [6.45, 7) is 4.45. The molecule has 0 aromatic heterocycles. The molecule has 1 aromatic rings. The average Bonchev–Trinajstić information content (AvgIpc) is 2.50. The summed E-state index contributed by atoms with van der Waals surface area (Å²) in [7, 11) is -3.53. The smallest absolute Gasteiger partial charge is 0.307 e. The van der Waals surface area contributed by atoms with Crippen LogP contribution in [-0.4, -0.2) is 31.9 Å². The summed E-state index contributed by atoms with van der Waals surface area (Å²) in [5, 5.41) is 11.7. The van der Waals surface area contributed by atoms with Gasteiger partial charge in [0.25, 0.3) is 0 Å². The highest BCUT2D eigenvalue weighted by Crippen LogP contribution is 2.34. The van der Waals surface area contributed by atoms with Gasteiger partial charge in [0.15, 0.2) is 0 Å². The highest BCUT2D eigenvalue weighted by Gasteiger charge is 2.41. The normalized spacial score (nSPS) is 20.1. The second-order valence-electron chi connectivity index (χ2n) is 6.74. The lowest BCUT2D eigenvalue weighted by atomic mass is 9.73. The Kier molecular flexibility index (Phi) is 6.18. The number of carbonyl (C=O) groups excluding carboxylic acids is 1. The van der Waals surface area contributed by atoms with Crippen LogP contribution >= 0.6 is 0 Å². The van der Waals surface area contributed by atoms with Crippen molar-refractivity contribution in [2.45, 2.75) is 38.1 Å². The molecule has 2 atom stereocenters. The maximum atomic E-state index is 12.1. The molecule has 2 rings (SSSR count). The Morgan fingerprint density at radius 1 is 1.16 bits per heavy atom. The molecule has 1 aromatic carbocycles. The van der Waals surface area contributed by atoms with Crippen LogP contribution in [0.4, 0.5) is 0 Å². The zero-order valence-corrected chi connectivity index (χ0v) is 15.2. The number of nitrogens with one attached hydrogen (secondary N) is 2. The molecule has 8 heteroatoms. The molecule has 1 aliphatic rings. The Bertz CT molecular complexity index is 728. The van der Waals surface area contributed by atoms with Crippen molar-refractivity contribution >= 4 is 21.9 Å². The van der Waals surface area contributed by atoms with E-state index in [1.54, 1.807) is 12.1 Å². The molecule has 2 unspecified atom stereocenters. The van der Waals surface area contributed by atoms with E-state index in [2.05, 4.69) is 10.0 Å². The Morgan fingerprint density at radius 2 is 1.76 bits per heavy atom. The fourth-order valence-corrected chi connectivity index (χ4v) is 3.79. The summed E-state index contributed by atoms with van der Waals surface area (Å²) in [4.78, 5) is 23.1. The van der Waals surface area contributed by atoms with E-state index in [9.17, 15) is 18.0 Å². The Morgan fingerprint density at radius 3 is 2.24 bits per heavy atom. The molecule has 138 valence electrons. The third kappa shape index (κ3) is 5.02. The van der Waals surface area contributed by atoms with E-state index < -0.39 is 27.8 Å². The standard InChI is InChI=1S/C17H24N2O5S/c1-11(2)9-19-25(23,24)13-5-3-12(4-6-13)10-18-16(20)14-7-8-15(14)17(21)22/h3-6,11,14-15,19H,7-10H2,1-2H3,(H,18,20)(H,21,22). The van der Waals surface area contributed by atoms with Crippen LogP contribution in [0.2, 0.25) is 0 Å². The number of carbonyl (C=O) groups is 2. The third-order valence-corrected chi connectivity index (χ3v) is 5.75. The van der Waals surface area contributed by atoms with Gasteiger partial charge in [0.2, 0.25) is 15.9 Å². The lowest BCUT2D eigenvalue weighted by Gasteiger charge is -2.31. The predicted molar refractivity (Wildman–Crippen MR) is 92.2 cm³/mol. The van der Waals surface area contributed by atoms with Gasteiger partial charge in [0, 0.05) is 13.1 Å². The van der Waals surface area contributed by atoms with E-state index in [0.29, 0.717) is 19.4 Å². The summed E-state index contributed by atoms with van der Waals surface area (Å²) in [6.07, 6.45) is 1.12. The number of carboxylic acid groups (broad SMARTS) is 1. The van der Waals surface area contributed by atoms with Crippen molar-refractivity contribution in [1.82, 2.24) is 10.0 Å². The Labute approximate surface area is 147 Å². The Balaban J connectivity index is 1.90. The van der Waals surface area contributed by atoms with Crippen LogP contribution in [-0.2, 0) is 26.2 Å². The van der Waals surface area contributed by atoms with E-state index in [0.717, 1.165) is 5.56 Å². The number of amides is 1. The Hall–Kier alpha value is -1.93. The highest BCUT2D eigenvalue weighted by molar-refractivity contribution is 7.89. The van der Waals surface area contributed by atoms with Crippen molar-refractivity contribution in [2.24, 2.45) is 17.8 Å². The molecule has 1 fully saturated rings. The molecule has 25 heavy (non-hydrogen) atoms. The molecular weight excluding hydrogens is 344 g/mol. The lowest BCUT2D eigenvalue weighted by molar-refractivity contribution is -0.152. The molecule has 7 nitrogen and oxygen atoms in total. The van der Waals surface area contributed by atoms with Crippen LogP contribution in [0.25, 0.3) is 0 Å². The molecule has 0 heterocycles. The molecule has 0 spiro atoms. The van der Waals surface area contributed by atoms with Crippen molar-refractivity contribution in [3.63, 3.8) is 0 Å². The van der Waals surface area contributed by atoms with Gasteiger partial charge in [-0.1, -0.05) is 26.0 Å². The van der Waals surface area contributed by atoms with Gasteiger partial charge in [-0.05, 0) is 36.5 Å². The summed E-state index contributed by atoms with van der Waals surface area (Å²) >= 11 is 0. The van der Waals surface area contributed by atoms with Crippen LogP contribution in [0.1, 0.15) is 32.3 Å². The molecule has 0 saturated heterocycles. The number of hydrogen-bond donors (Lipinski definition) is 3. The lowest BCUT2D eigenvalue weighted by Crippen LogP contribution is -2.43. The largest absolute Gasteiger partial charge is 0.481 e. The number of rotatable bonds is 8. The van der Waals surface area contributed by atoms with Gasteiger partial charge < -0.3 is 10.4 Å². The minimum absolute atomic E-state index is 0.174. The summed E-state index contributed by atoms with van der Waals surface area (Å²) in [5.41, 5.74) is 0.752. The first-order valence-corrected chi connectivity index (χ1v) is 9.78. The van der Waals surface area contributed by atoms with Crippen molar-refractivity contribution in [3.8, 4) is 0 Å². The van der Waals surface area contributed by atoms with Crippen molar-refractivity contribution < 1.29 is 23.1 Å². The molecule has 0 bridgehead atoms. The summed E-state index contributed by atoms with van der Waals surface area (Å²) < 4.78 is 26.8. The van der Waals surface area contributed by atoms with E-state index in [4.69, 9.17) is 5.11 Å². The molecule has 0 radical (unpaired) electrons. The maximum Gasteiger partial charge on any atom is 0.307 e. The van der Waals surface area contributed by atoms with Gasteiger partial charge in [0.05, 0.1) is 16.7 Å². The number of sulfonamides is 1. The highest BCUT2D eigenvalue weighted by atomic mass is 32.2. The van der Waals surface area contributed by atoms with Gasteiger partial charge in [0.1, 0.15) is 0 Å². The first-order chi connectivity index (χ1) is 11.7. The quantitative estimate of drug-likeness (QED) is 0.641. The van der Waals surface area contributed by atoms with Gasteiger partial charge in [-0.3, -0.25) is 9.59 Å². The fourth-order valence-electron chi connectivity index (χ4n) is 2.58. The van der Waals surface area contributed by atoms with E-state index in [1.807, 2.05) is 13.8 Å². The average molecular weight is 368 g/mol. The zero-order chi connectivity index (χ0) is 18.6. The SMILES string of the molecule is CC(C)CNS(=O)(=O)c1ccc(CNC(=O)C2CCC2C(=O)O)cc1. The van der Waals surface area contributed by atoms with Crippen LogP contribution in [0, 0.1) is 17.8 Å². The molecular formula is C17H24N2O5S. The van der Waals surface area contributed by atoms with Gasteiger partial charge in [-0.2, -0.15) is 0 Å². The van der Waals surface area contributed by atoms with E-state index in [1.165, 1.54) is 12.1 Å². The van der Waals surface area contributed by atoms with Gasteiger partial charge in [-0.15, -0.1) is 0 Å². The minimum atomic E-state index is -3.53.